The van der Waals surface area contributed by atoms with E-state index in [4.69, 9.17) is 18.9 Å². The molecule has 224 valence electrons. The normalized spacial score (nSPS) is 18.5. The van der Waals surface area contributed by atoms with Gasteiger partial charge in [-0.3, -0.25) is 14.4 Å². The number of fused-ring (bicyclic) bond motifs is 1. The van der Waals surface area contributed by atoms with Gasteiger partial charge in [-0.2, -0.15) is 0 Å². The van der Waals surface area contributed by atoms with Crippen LogP contribution in [0.15, 0.2) is 47.1 Å². The molecule has 1 aromatic rings. The molecule has 8 heteroatoms. The molecule has 41 heavy (non-hydrogen) atoms. The van der Waals surface area contributed by atoms with Crippen LogP contribution in [0, 0.1) is 6.92 Å². The van der Waals surface area contributed by atoms with E-state index in [0.717, 1.165) is 28.9 Å². The molecule has 1 aromatic carbocycles. The standard InChI is InChI=1S/C33H44O8/c1-21(2)12-9-15-27(32(37)40-26(7)36)16-10-13-22(3)14-11-17-33(8)30(39-25(6)35)20-28-19-29(38-24(5)34)18-23(4)31(28)41-33/h12,14,16,18-19,30H,9-11,13,15,17,20H2,1-8H3/b22-14+,27-16-. The molecule has 0 saturated carbocycles. The topological polar surface area (TPSA) is 105 Å². The first-order valence-electron chi connectivity index (χ1n) is 14.1. The number of hydrogen-bond donors (Lipinski definition) is 0. The van der Waals surface area contributed by atoms with Crippen molar-refractivity contribution in [3.63, 3.8) is 0 Å². The van der Waals surface area contributed by atoms with Crippen LogP contribution in [0.25, 0.3) is 0 Å². The summed E-state index contributed by atoms with van der Waals surface area (Å²) in [7, 11) is 0. The first kappa shape index (κ1) is 33.5. The molecule has 2 atom stereocenters. The SMILES string of the molecule is CC(=O)OC(=O)/C(=C\CC/C(C)=C/CCC1(C)Oc2c(C)cc(OC(C)=O)cc2CC1OC(C)=O)CCC=C(C)C. The monoisotopic (exact) mass is 568 g/mol. The number of carbonyl (C=O) groups is 4. The van der Waals surface area contributed by atoms with Gasteiger partial charge in [0.2, 0.25) is 0 Å². The molecular weight excluding hydrogens is 524 g/mol. The van der Waals surface area contributed by atoms with E-state index in [1.54, 1.807) is 12.1 Å². The zero-order valence-electron chi connectivity index (χ0n) is 25.7. The van der Waals surface area contributed by atoms with Crippen molar-refractivity contribution in [2.24, 2.45) is 0 Å². The molecule has 0 saturated heterocycles. The van der Waals surface area contributed by atoms with Crippen LogP contribution in [0.5, 0.6) is 11.5 Å². The quantitative estimate of drug-likeness (QED) is 0.0890. The molecule has 0 fully saturated rings. The number of allylic oxidation sites excluding steroid dienone is 5. The van der Waals surface area contributed by atoms with Crippen LogP contribution in [0.4, 0.5) is 0 Å². The smallest absolute Gasteiger partial charge is 0.341 e. The van der Waals surface area contributed by atoms with E-state index in [0.29, 0.717) is 49.8 Å². The molecule has 8 nitrogen and oxygen atoms in total. The van der Waals surface area contributed by atoms with Crippen molar-refractivity contribution in [3.05, 3.63) is 58.2 Å². The Balaban J connectivity index is 2.11. The number of benzene rings is 1. The van der Waals surface area contributed by atoms with Gasteiger partial charge >= 0.3 is 23.9 Å². The minimum absolute atomic E-state index is 0.386. The molecule has 1 heterocycles. The maximum Gasteiger partial charge on any atom is 0.341 e. The van der Waals surface area contributed by atoms with Crippen molar-refractivity contribution >= 4 is 23.9 Å². The Hall–Kier alpha value is -3.68. The van der Waals surface area contributed by atoms with Gasteiger partial charge in [0.25, 0.3) is 0 Å². The van der Waals surface area contributed by atoms with E-state index in [-0.39, 0.29) is 5.97 Å². The largest absolute Gasteiger partial charge is 0.483 e. The lowest BCUT2D eigenvalue weighted by molar-refractivity contribution is -0.161. The van der Waals surface area contributed by atoms with Crippen LogP contribution in [0.3, 0.4) is 0 Å². The van der Waals surface area contributed by atoms with Crippen LogP contribution in [0.2, 0.25) is 0 Å². The summed E-state index contributed by atoms with van der Waals surface area (Å²) < 4.78 is 22.3. The van der Waals surface area contributed by atoms with Crippen LogP contribution in [-0.2, 0) is 35.1 Å². The van der Waals surface area contributed by atoms with Crippen LogP contribution >= 0.6 is 0 Å². The van der Waals surface area contributed by atoms with Crippen LogP contribution in [-0.4, -0.2) is 35.6 Å². The van der Waals surface area contributed by atoms with Crippen molar-refractivity contribution < 1.29 is 38.1 Å². The zero-order valence-corrected chi connectivity index (χ0v) is 25.7. The number of rotatable bonds is 12. The lowest BCUT2D eigenvalue weighted by Gasteiger charge is -2.42. The average Bonchev–Trinajstić information content (AvgIpc) is 2.83. The summed E-state index contributed by atoms with van der Waals surface area (Å²) in [6.45, 7) is 13.8. The van der Waals surface area contributed by atoms with E-state index >= 15 is 0 Å². The average molecular weight is 569 g/mol. The number of ether oxygens (including phenoxy) is 4. The highest BCUT2D eigenvalue weighted by Gasteiger charge is 2.43. The van der Waals surface area contributed by atoms with Gasteiger partial charge in [-0.25, -0.2) is 4.79 Å². The van der Waals surface area contributed by atoms with Gasteiger partial charge < -0.3 is 18.9 Å². The van der Waals surface area contributed by atoms with E-state index in [9.17, 15) is 19.2 Å². The number of esters is 4. The summed E-state index contributed by atoms with van der Waals surface area (Å²) in [6, 6.07) is 3.53. The molecule has 0 aromatic heterocycles. The molecule has 2 rings (SSSR count). The van der Waals surface area contributed by atoms with E-state index in [1.807, 2.05) is 40.7 Å². The highest BCUT2D eigenvalue weighted by molar-refractivity contribution is 5.95. The molecule has 2 unspecified atom stereocenters. The first-order chi connectivity index (χ1) is 19.2. The summed E-state index contributed by atoms with van der Waals surface area (Å²) in [5, 5.41) is 0. The van der Waals surface area contributed by atoms with Gasteiger partial charge in [0.05, 0.1) is 0 Å². The predicted octanol–water partition coefficient (Wildman–Crippen LogP) is 6.81. The second kappa shape index (κ2) is 15.4. The van der Waals surface area contributed by atoms with Gasteiger partial charge in [0, 0.05) is 38.3 Å². The summed E-state index contributed by atoms with van der Waals surface area (Å²) in [5.41, 5.74) is 3.73. The highest BCUT2D eigenvalue weighted by atomic mass is 16.6. The maximum absolute atomic E-state index is 12.4. The molecule has 0 N–H and O–H groups in total. The van der Waals surface area contributed by atoms with Crippen molar-refractivity contribution in [3.8, 4) is 11.5 Å². The molecule has 1 aliphatic rings. The van der Waals surface area contributed by atoms with Crippen molar-refractivity contribution in [1.29, 1.82) is 0 Å². The van der Waals surface area contributed by atoms with Crippen molar-refractivity contribution in [1.82, 2.24) is 0 Å². The van der Waals surface area contributed by atoms with Crippen molar-refractivity contribution in [2.45, 2.75) is 112 Å². The third-order valence-electron chi connectivity index (χ3n) is 6.84. The predicted molar refractivity (Wildman–Crippen MR) is 157 cm³/mol. The summed E-state index contributed by atoms with van der Waals surface area (Å²) >= 11 is 0. The Morgan fingerprint density at radius 2 is 1.59 bits per heavy atom. The molecule has 0 spiro atoms. The molecule has 0 aliphatic carbocycles. The molecular formula is C33H44O8. The summed E-state index contributed by atoms with van der Waals surface area (Å²) in [5.74, 6) is -0.844. The molecule has 1 aliphatic heterocycles. The number of aryl methyl sites for hydroxylation is 1. The fourth-order valence-corrected chi connectivity index (χ4v) is 4.81. The number of carbonyl (C=O) groups excluding carboxylic acids is 4. The fraction of sp³-hybridized carbons (Fsp3) is 0.515. The van der Waals surface area contributed by atoms with Gasteiger partial charge in [0.15, 0.2) is 0 Å². The van der Waals surface area contributed by atoms with Gasteiger partial charge in [-0.1, -0.05) is 29.4 Å². The Kier molecular flexibility index (Phi) is 12.6. The van der Waals surface area contributed by atoms with E-state index in [1.165, 1.54) is 26.3 Å². The van der Waals surface area contributed by atoms with Crippen molar-refractivity contribution in [2.75, 3.05) is 0 Å². The third kappa shape index (κ3) is 11.0. The molecule has 0 amide bonds. The molecule has 0 bridgehead atoms. The highest BCUT2D eigenvalue weighted by Crippen LogP contribution is 2.41. The maximum atomic E-state index is 12.4. The minimum atomic E-state index is -0.752. The third-order valence-corrected chi connectivity index (χ3v) is 6.84. The Labute approximate surface area is 243 Å². The Bertz CT molecular complexity index is 1230. The van der Waals surface area contributed by atoms with Crippen LogP contribution in [0.1, 0.15) is 98.1 Å². The summed E-state index contributed by atoms with van der Waals surface area (Å²) in [6.07, 6.45) is 9.88. The fourth-order valence-electron chi connectivity index (χ4n) is 4.81. The lowest BCUT2D eigenvalue weighted by Crippen LogP contribution is -2.51. The Morgan fingerprint density at radius 3 is 2.20 bits per heavy atom. The Morgan fingerprint density at radius 1 is 0.902 bits per heavy atom. The van der Waals surface area contributed by atoms with Gasteiger partial charge in [0.1, 0.15) is 23.2 Å². The first-order valence-corrected chi connectivity index (χ1v) is 14.1. The zero-order chi connectivity index (χ0) is 30.7. The van der Waals surface area contributed by atoms with Gasteiger partial charge in [-0.05, 0) is 90.8 Å². The van der Waals surface area contributed by atoms with E-state index in [2.05, 4.69) is 12.2 Å². The lowest BCUT2D eigenvalue weighted by atomic mass is 9.84. The minimum Gasteiger partial charge on any atom is -0.483 e. The second-order valence-electron chi connectivity index (χ2n) is 11.1. The van der Waals surface area contributed by atoms with E-state index < -0.39 is 29.6 Å². The summed E-state index contributed by atoms with van der Waals surface area (Å²) in [4.78, 5) is 47.0. The molecule has 0 radical (unpaired) electrons. The second-order valence-corrected chi connectivity index (χ2v) is 11.1. The number of hydrogen-bond acceptors (Lipinski definition) is 8. The van der Waals surface area contributed by atoms with Gasteiger partial charge in [-0.15, -0.1) is 0 Å². The van der Waals surface area contributed by atoms with Crippen LogP contribution < -0.4 is 9.47 Å².